The Morgan fingerprint density at radius 3 is 2.68 bits per heavy atom. The fourth-order valence-electron chi connectivity index (χ4n) is 2.04. The van der Waals surface area contributed by atoms with Gasteiger partial charge in [-0.25, -0.2) is 9.97 Å². The Labute approximate surface area is 137 Å². The van der Waals surface area contributed by atoms with Crippen LogP contribution in [-0.2, 0) is 4.79 Å². The van der Waals surface area contributed by atoms with Crippen LogP contribution in [0.15, 0.2) is 53.7 Å². The highest BCUT2D eigenvalue weighted by atomic mass is 35.5. The highest BCUT2D eigenvalue weighted by molar-refractivity contribution is 8.00. The molecule has 1 heterocycles. The second kappa shape index (κ2) is 6.42. The third-order valence-corrected chi connectivity index (χ3v) is 4.46. The number of hydrogen-bond donors (Lipinski definition) is 2. The van der Waals surface area contributed by atoms with Crippen molar-refractivity contribution in [3.05, 3.63) is 53.6 Å². The summed E-state index contributed by atoms with van der Waals surface area (Å²) in [6.07, 6.45) is 0. The predicted octanol–water partition coefficient (Wildman–Crippen LogP) is 3.75. The number of fused-ring (bicyclic) bond motifs is 1. The highest BCUT2D eigenvalue weighted by Gasteiger charge is 2.20. The van der Waals surface area contributed by atoms with Gasteiger partial charge < -0.3 is 5.32 Å². The van der Waals surface area contributed by atoms with Crippen molar-refractivity contribution in [3.63, 3.8) is 0 Å². The molecule has 0 fully saturated rings. The molecule has 22 heavy (non-hydrogen) atoms. The van der Waals surface area contributed by atoms with Crippen LogP contribution in [0.1, 0.15) is 6.92 Å². The van der Waals surface area contributed by atoms with Crippen LogP contribution in [0.2, 0.25) is 5.02 Å². The number of nitrogens with one attached hydrogen (secondary N) is 3. The molecule has 0 radical (unpaired) electrons. The van der Waals surface area contributed by atoms with Crippen LogP contribution in [-0.4, -0.2) is 16.1 Å². The van der Waals surface area contributed by atoms with E-state index in [1.807, 2.05) is 31.2 Å². The van der Waals surface area contributed by atoms with Gasteiger partial charge in [-0.15, -0.1) is 0 Å². The van der Waals surface area contributed by atoms with E-state index in [1.165, 1.54) is 11.8 Å². The maximum atomic E-state index is 12.2. The molecule has 2 aromatic carbocycles. The molecule has 4 nitrogen and oxygen atoms in total. The number of anilines is 1. The van der Waals surface area contributed by atoms with Crippen molar-refractivity contribution in [3.8, 4) is 0 Å². The minimum atomic E-state index is -0.236. The molecule has 112 valence electrons. The van der Waals surface area contributed by atoms with Crippen molar-refractivity contribution in [2.24, 2.45) is 0 Å². The maximum absolute atomic E-state index is 12.2. The van der Waals surface area contributed by atoms with Crippen molar-refractivity contribution in [1.29, 1.82) is 0 Å². The lowest BCUT2D eigenvalue weighted by atomic mass is 10.3. The lowest BCUT2D eigenvalue weighted by Crippen LogP contribution is -2.23. The van der Waals surface area contributed by atoms with Gasteiger partial charge in [0.25, 0.3) is 0 Å². The van der Waals surface area contributed by atoms with Crippen molar-refractivity contribution in [2.75, 3.05) is 5.32 Å². The lowest BCUT2D eigenvalue weighted by molar-refractivity contribution is -0.396. The zero-order valence-corrected chi connectivity index (χ0v) is 13.5. The minimum absolute atomic E-state index is 0.0561. The zero-order chi connectivity index (χ0) is 15.5. The summed E-state index contributed by atoms with van der Waals surface area (Å²) in [5.41, 5.74) is 2.79. The summed E-state index contributed by atoms with van der Waals surface area (Å²) >= 11 is 7.28. The summed E-state index contributed by atoms with van der Waals surface area (Å²) in [7, 11) is 0. The molecule has 0 aliphatic heterocycles. The number of halogens is 1. The smallest absolute Gasteiger partial charge is 0.315 e. The number of amides is 1. The molecular weight excluding hydrogens is 318 g/mol. The van der Waals surface area contributed by atoms with E-state index in [0.29, 0.717) is 5.02 Å². The van der Waals surface area contributed by atoms with E-state index >= 15 is 0 Å². The summed E-state index contributed by atoms with van der Waals surface area (Å²) in [5.74, 6) is -0.0561. The quantitative estimate of drug-likeness (QED) is 0.715. The van der Waals surface area contributed by atoms with Crippen molar-refractivity contribution in [1.82, 2.24) is 4.98 Å². The Morgan fingerprint density at radius 1 is 1.23 bits per heavy atom. The number of para-hydroxylation sites is 2. The van der Waals surface area contributed by atoms with E-state index in [0.717, 1.165) is 21.9 Å². The van der Waals surface area contributed by atoms with Gasteiger partial charge in [-0.05, 0) is 55.1 Å². The summed E-state index contributed by atoms with van der Waals surface area (Å²) in [5, 5.41) is 4.15. The first kappa shape index (κ1) is 14.9. The average Bonchev–Trinajstić information content (AvgIpc) is 2.91. The van der Waals surface area contributed by atoms with Gasteiger partial charge in [0, 0.05) is 10.7 Å². The zero-order valence-electron chi connectivity index (χ0n) is 11.9. The van der Waals surface area contributed by atoms with Gasteiger partial charge in [-0.2, -0.15) is 0 Å². The molecule has 0 saturated heterocycles. The molecule has 3 N–H and O–H groups in total. The van der Waals surface area contributed by atoms with Crippen molar-refractivity contribution >= 4 is 46.0 Å². The summed E-state index contributed by atoms with van der Waals surface area (Å²) < 4.78 is 0. The molecule has 0 saturated carbocycles. The van der Waals surface area contributed by atoms with Crippen LogP contribution in [0.3, 0.4) is 0 Å². The van der Waals surface area contributed by atoms with E-state index in [4.69, 9.17) is 11.6 Å². The Kier molecular flexibility index (Phi) is 4.36. The number of H-pyrrole nitrogens is 2. The van der Waals surface area contributed by atoms with Gasteiger partial charge in [0.05, 0.1) is 5.25 Å². The number of hydrogen-bond acceptors (Lipinski definition) is 2. The topological polar surface area (TPSA) is 59.0 Å². The average molecular weight is 333 g/mol. The van der Waals surface area contributed by atoms with Gasteiger partial charge in [0.2, 0.25) is 5.91 Å². The number of aromatic amines is 2. The number of imidazole rings is 1. The van der Waals surface area contributed by atoms with Crippen LogP contribution in [0.5, 0.6) is 0 Å². The highest BCUT2D eigenvalue weighted by Crippen LogP contribution is 2.22. The molecule has 3 rings (SSSR count). The number of aromatic nitrogens is 2. The summed E-state index contributed by atoms with van der Waals surface area (Å²) in [6, 6.07) is 15.0. The number of carbonyl (C=O) groups excluding carboxylic acids is 1. The van der Waals surface area contributed by atoms with Crippen LogP contribution < -0.4 is 10.3 Å². The number of rotatable bonds is 4. The van der Waals surface area contributed by atoms with Crippen LogP contribution >= 0.6 is 23.4 Å². The predicted molar refractivity (Wildman–Crippen MR) is 90.3 cm³/mol. The first-order valence-electron chi connectivity index (χ1n) is 6.85. The van der Waals surface area contributed by atoms with Gasteiger partial charge in [-0.3, -0.25) is 4.79 Å². The van der Waals surface area contributed by atoms with E-state index in [1.54, 1.807) is 24.3 Å². The monoisotopic (exact) mass is 332 g/mol. The van der Waals surface area contributed by atoms with Gasteiger partial charge in [0.15, 0.2) is 11.0 Å². The molecule has 0 aliphatic rings. The minimum Gasteiger partial charge on any atom is -0.325 e. The van der Waals surface area contributed by atoms with Crippen LogP contribution in [0, 0.1) is 0 Å². The van der Waals surface area contributed by atoms with Crippen LogP contribution in [0.25, 0.3) is 11.0 Å². The molecule has 0 aliphatic carbocycles. The maximum Gasteiger partial charge on any atom is 0.315 e. The molecule has 1 unspecified atom stereocenters. The Bertz CT molecular complexity index is 768. The molecular formula is C16H15ClN3OS+. The third kappa shape index (κ3) is 3.43. The van der Waals surface area contributed by atoms with E-state index in [9.17, 15) is 4.79 Å². The van der Waals surface area contributed by atoms with E-state index in [2.05, 4.69) is 15.3 Å². The molecule has 1 amide bonds. The van der Waals surface area contributed by atoms with Gasteiger partial charge in [0.1, 0.15) is 0 Å². The van der Waals surface area contributed by atoms with Gasteiger partial charge >= 0.3 is 5.16 Å². The molecule has 3 aromatic rings. The van der Waals surface area contributed by atoms with Gasteiger partial charge in [-0.1, -0.05) is 23.7 Å². The second-order valence-corrected chi connectivity index (χ2v) is 6.67. The first-order valence-corrected chi connectivity index (χ1v) is 8.11. The number of thioether (sulfide) groups is 1. The normalized spacial score (nSPS) is 12.3. The second-order valence-electron chi connectivity index (χ2n) is 4.88. The lowest BCUT2D eigenvalue weighted by Gasteiger charge is -2.09. The standard InChI is InChI=1S/C16H14ClN3OS/c1-10(15(21)18-12-8-6-11(17)7-9-12)22-16-19-13-4-2-3-5-14(13)20-16/h2-10H,1H3,(H,18,21)(H,19,20)/p+1. The van der Waals surface area contributed by atoms with Crippen molar-refractivity contribution in [2.45, 2.75) is 17.3 Å². The van der Waals surface area contributed by atoms with E-state index in [-0.39, 0.29) is 11.2 Å². The molecule has 0 bridgehead atoms. The fourth-order valence-corrected chi connectivity index (χ4v) is 3.03. The number of carbonyl (C=O) groups is 1. The fraction of sp³-hybridized carbons (Fsp3) is 0.125. The summed E-state index contributed by atoms with van der Waals surface area (Å²) in [4.78, 5) is 18.7. The molecule has 6 heteroatoms. The number of benzene rings is 2. The third-order valence-electron chi connectivity index (χ3n) is 3.20. The largest absolute Gasteiger partial charge is 0.325 e. The van der Waals surface area contributed by atoms with E-state index < -0.39 is 0 Å². The molecule has 1 aromatic heterocycles. The Hall–Kier alpha value is -1.98. The van der Waals surface area contributed by atoms with Crippen molar-refractivity contribution < 1.29 is 9.78 Å². The Balaban J connectivity index is 1.66. The SMILES string of the molecule is CC(Sc1[nH]c2ccccc2[nH+]1)C(=O)Nc1ccc(Cl)cc1. The summed E-state index contributed by atoms with van der Waals surface area (Å²) in [6.45, 7) is 1.87. The Morgan fingerprint density at radius 2 is 1.95 bits per heavy atom. The molecule has 1 atom stereocenters. The molecule has 0 spiro atoms. The first-order chi connectivity index (χ1) is 10.6. The van der Waals surface area contributed by atoms with Crippen LogP contribution in [0.4, 0.5) is 5.69 Å².